The Labute approximate surface area is 152 Å². The van der Waals surface area contributed by atoms with Crippen molar-refractivity contribution in [3.8, 4) is 0 Å². The van der Waals surface area contributed by atoms with E-state index in [1.165, 1.54) is 10.8 Å². The summed E-state index contributed by atoms with van der Waals surface area (Å²) in [4.78, 5) is 4.90. The van der Waals surface area contributed by atoms with E-state index >= 15 is 0 Å². The summed E-state index contributed by atoms with van der Waals surface area (Å²) < 4.78 is 14.8. The van der Waals surface area contributed by atoms with Crippen LogP contribution in [0, 0.1) is 5.82 Å². The van der Waals surface area contributed by atoms with Gasteiger partial charge in [-0.1, -0.05) is 24.3 Å². The SMILES string of the molecule is Fc1cccc(Cc2nc3cc(C4=NN=NC4)ccc3c3sccc23)c1. The first-order valence-electron chi connectivity index (χ1n) is 8.26. The summed E-state index contributed by atoms with van der Waals surface area (Å²) in [6.07, 6.45) is 0.594. The third kappa shape index (κ3) is 2.59. The standard InChI is InChI=1S/C20H13FN4S/c21-14-3-1-2-12(8-14)9-17-16-6-7-26-20(16)15-5-4-13(10-18(15)23-17)19-11-22-25-24-19/h1-8,10H,9,11H2. The van der Waals surface area contributed by atoms with Crippen LogP contribution in [0.1, 0.15) is 16.8 Å². The molecule has 0 saturated carbocycles. The van der Waals surface area contributed by atoms with Crippen molar-refractivity contribution in [2.24, 2.45) is 15.4 Å². The van der Waals surface area contributed by atoms with Crippen molar-refractivity contribution in [2.75, 3.05) is 6.54 Å². The third-order valence-electron chi connectivity index (χ3n) is 4.52. The Morgan fingerprint density at radius 3 is 2.85 bits per heavy atom. The van der Waals surface area contributed by atoms with Crippen molar-refractivity contribution in [2.45, 2.75) is 6.42 Å². The molecule has 126 valence electrons. The molecule has 4 aromatic rings. The fraction of sp³-hybridized carbons (Fsp3) is 0.100. The zero-order chi connectivity index (χ0) is 17.5. The van der Waals surface area contributed by atoms with E-state index < -0.39 is 0 Å². The molecule has 6 heteroatoms. The zero-order valence-electron chi connectivity index (χ0n) is 13.7. The van der Waals surface area contributed by atoms with Crippen molar-refractivity contribution in [3.05, 3.63) is 76.5 Å². The van der Waals surface area contributed by atoms with Crippen molar-refractivity contribution in [3.63, 3.8) is 0 Å². The molecule has 0 amide bonds. The van der Waals surface area contributed by atoms with Gasteiger partial charge in [0.25, 0.3) is 0 Å². The van der Waals surface area contributed by atoms with E-state index in [1.54, 1.807) is 23.5 Å². The Morgan fingerprint density at radius 1 is 1.04 bits per heavy atom. The maximum Gasteiger partial charge on any atom is 0.123 e. The molecule has 2 aromatic heterocycles. The van der Waals surface area contributed by atoms with Crippen LogP contribution in [0.3, 0.4) is 0 Å². The minimum absolute atomic E-state index is 0.223. The Bertz CT molecular complexity index is 1210. The van der Waals surface area contributed by atoms with Gasteiger partial charge in [-0.15, -0.1) is 16.4 Å². The number of fused-ring (bicyclic) bond motifs is 3. The lowest BCUT2D eigenvalue weighted by Gasteiger charge is -2.08. The molecule has 4 nitrogen and oxygen atoms in total. The topological polar surface area (TPSA) is 50.0 Å². The first kappa shape index (κ1) is 15.3. The van der Waals surface area contributed by atoms with E-state index in [0.717, 1.165) is 38.8 Å². The molecular formula is C20H13FN4S. The van der Waals surface area contributed by atoms with E-state index in [1.807, 2.05) is 18.2 Å². The maximum absolute atomic E-state index is 13.6. The highest BCUT2D eigenvalue weighted by molar-refractivity contribution is 7.18. The minimum Gasteiger partial charge on any atom is -0.252 e. The van der Waals surface area contributed by atoms with E-state index in [4.69, 9.17) is 4.98 Å². The van der Waals surface area contributed by atoms with Crippen LogP contribution in [-0.4, -0.2) is 17.2 Å². The second-order valence-electron chi connectivity index (χ2n) is 6.20. The van der Waals surface area contributed by atoms with Gasteiger partial charge in [0, 0.05) is 27.5 Å². The van der Waals surface area contributed by atoms with Crippen LogP contribution in [0.15, 0.2) is 69.3 Å². The number of benzene rings is 2. The number of aromatic nitrogens is 1. The number of rotatable bonds is 3. The molecule has 0 fully saturated rings. The molecule has 0 radical (unpaired) electrons. The first-order valence-corrected chi connectivity index (χ1v) is 9.14. The summed E-state index contributed by atoms with van der Waals surface area (Å²) >= 11 is 1.70. The van der Waals surface area contributed by atoms with E-state index in [2.05, 4.69) is 33.0 Å². The van der Waals surface area contributed by atoms with Crippen molar-refractivity contribution in [1.29, 1.82) is 0 Å². The highest BCUT2D eigenvalue weighted by Gasteiger charge is 2.14. The average molecular weight is 360 g/mol. The van der Waals surface area contributed by atoms with Crippen molar-refractivity contribution < 1.29 is 4.39 Å². The first-order chi connectivity index (χ1) is 12.8. The van der Waals surface area contributed by atoms with Crippen LogP contribution in [0.4, 0.5) is 4.39 Å². The quantitative estimate of drug-likeness (QED) is 0.486. The molecule has 5 rings (SSSR count). The monoisotopic (exact) mass is 360 g/mol. The lowest BCUT2D eigenvalue weighted by molar-refractivity contribution is 0.626. The number of pyridine rings is 1. The summed E-state index contributed by atoms with van der Waals surface area (Å²) in [5, 5.41) is 16.0. The van der Waals surface area contributed by atoms with Gasteiger partial charge in [-0.3, -0.25) is 4.98 Å². The van der Waals surface area contributed by atoms with Gasteiger partial charge in [0.1, 0.15) is 12.4 Å². The van der Waals surface area contributed by atoms with Crippen LogP contribution in [-0.2, 0) is 6.42 Å². The predicted molar refractivity (Wildman–Crippen MR) is 103 cm³/mol. The van der Waals surface area contributed by atoms with E-state index in [-0.39, 0.29) is 5.82 Å². The number of thiophene rings is 1. The van der Waals surface area contributed by atoms with Gasteiger partial charge in [0.2, 0.25) is 0 Å². The smallest absolute Gasteiger partial charge is 0.123 e. The third-order valence-corrected chi connectivity index (χ3v) is 5.46. The van der Waals surface area contributed by atoms with Crippen LogP contribution < -0.4 is 0 Å². The normalized spacial score (nSPS) is 13.7. The number of hydrogen-bond acceptors (Lipinski definition) is 5. The Hall–Kier alpha value is -2.99. The molecule has 0 atom stereocenters. The van der Waals surface area contributed by atoms with E-state index in [9.17, 15) is 4.39 Å². The Balaban J connectivity index is 1.67. The number of nitrogens with zero attached hydrogens (tertiary/aromatic N) is 4. The second kappa shape index (κ2) is 6.07. The molecule has 0 unspecified atom stereocenters. The van der Waals surface area contributed by atoms with Gasteiger partial charge < -0.3 is 0 Å². The molecule has 0 bridgehead atoms. The average Bonchev–Trinajstić information content (AvgIpc) is 3.33. The molecular weight excluding hydrogens is 347 g/mol. The molecule has 26 heavy (non-hydrogen) atoms. The van der Waals surface area contributed by atoms with Crippen LogP contribution in [0.5, 0.6) is 0 Å². The molecule has 1 aliphatic heterocycles. The lowest BCUT2D eigenvalue weighted by Crippen LogP contribution is -2.02. The van der Waals surface area contributed by atoms with Gasteiger partial charge in [-0.05, 0) is 40.4 Å². The summed E-state index contributed by atoms with van der Waals surface area (Å²) in [6.45, 7) is 0.503. The number of hydrogen-bond donors (Lipinski definition) is 0. The summed E-state index contributed by atoms with van der Waals surface area (Å²) in [6, 6.07) is 15.0. The molecule has 1 aliphatic rings. The molecule has 3 heterocycles. The second-order valence-corrected chi connectivity index (χ2v) is 7.11. The van der Waals surface area contributed by atoms with Crippen LogP contribution in [0.2, 0.25) is 0 Å². The summed E-state index contributed by atoms with van der Waals surface area (Å²) in [5.41, 5.74) is 4.63. The zero-order valence-corrected chi connectivity index (χ0v) is 14.5. The molecule has 0 spiro atoms. The van der Waals surface area contributed by atoms with Crippen molar-refractivity contribution >= 4 is 38.0 Å². The predicted octanol–water partition coefficient (Wildman–Crippen LogP) is 5.35. The fourth-order valence-electron chi connectivity index (χ4n) is 3.29. The van der Waals surface area contributed by atoms with Gasteiger partial charge in [0.05, 0.1) is 16.9 Å². The van der Waals surface area contributed by atoms with Gasteiger partial charge in [-0.2, -0.15) is 5.11 Å². The minimum atomic E-state index is -0.223. The highest BCUT2D eigenvalue weighted by atomic mass is 32.1. The van der Waals surface area contributed by atoms with Crippen molar-refractivity contribution in [1.82, 2.24) is 4.98 Å². The Morgan fingerprint density at radius 2 is 2.00 bits per heavy atom. The largest absolute Gasteiger partial charge is 0.252 e. The molecule has 0 N–H and O–H groups in total. The molecule has 2 aromatic carbocycles. The number of halogens is 1. The fourth-order valence-corrected chi connectivity index (χ4v) is 4.24. The van der Waals surface area contributed by atoms with Gasteiger partial charge in [0.15, 0.2) is 0 Å². The Kier molecular flexibility index (Phi) is 3.57. The molecule has 0 aliphatic carbocycles. The highest BCUT2D eigenvalue weighted by Crippen LogP contribution is 2.32. The van der Waals surface area contributed by atoms with Gasteiger partial charge in [-0.25, -0.2) is 4.39 Å². The maximum atomic E-state index is 13.6. The van der Waals surface area contributed by atoms with E-state index in [0.29, 0.717) is 13.0 Å². The van der Waals surface area contributed by atoms with Gasteiger partial charge >= 0.3 is 0 Å². The van der Waals surface area contributed by atoms with Crippen LogP contribution >= 0.6 is 11.3 Å². The van der Waals surface area contributed by atoms with Crippen LogP contribution in [0.25, 0.3) is 21.0 Å². The lowest BCUT2D eigenvalue weighted by atomic mass is 10.0. The summed E-state index contributed by atoms with van der Waals surface area (Å²) in [5.74, 6) is -0.223. The molecule has 0 saturated heterocycles. The summed E-state index contributed by atoms with van der Waals surface area (Å²) in [7, 11) is 0.